The third-order valence-corrected chi connectivity index (χ3v) is 5.22. The summed E-state index contributed by atoms with van der Waals surface area (Å²) in [5, 5.41) is 11.5. The molecule has 8 nitrogen and oxygen atoms in total. The van der Waals surface area contributed by atoms with E-state index in [2.05, 4.69) is 46.7 Å². The van der Waals surface area contributed by atoms with Crippen LogP contribution in [0.4, 0.5) is 0 Å². The maximum Gasteiger partial charge on any atom is 0.191 e. The lowest BCUT2D eigenvalue weighted by atomic mass is 10.1. The topological polar surface area (TPSA) is 85.6 Å². The van der Waals surface area contributed by atoms with Crippen molar-refractivity contribution in [3.8, 4) is 5.75 Å². The van der Waals surface area contributed by atoms with E-state index in [4.69, 9.17) is 14.5 Å². The second-order valence-electron chi connectivity index (χ2n) is 7.80. The van der Waals surface area contributed by atoms with Crippen LogP contribution in [0.25, 0.3) is 0 Å². The minimum atomic E-state index is 0.280. The maximum atomic E-state index is 5.73. The van der Waals surface area contributed by atoms with Crippen LogP contribution in [0.1, 0.15) is 50.3 Å². The highest BCUT2D eigenvalue weighted by Crippen LogP contribution is 2.14. The quantitative estimate of drug-likeness (QED) is 0.325. The number of hydrogen-bond acceptors (Lipinski definition) is 5. The van der Waals surface area contributed by atoms with Gasteiger partial charge in [-0.15, -0.1) is 0 Å². The smallest absolute Gasteiger partial charge is 0.191 e. The summed E-state index contributed by atoms with van der Waals surface area (Å²) in [6.45, 7) is 7.83. The Bertz CT molecular complexity index is 818. The summed E-state index contributed by atoms with van der Waals surface area (Å²) < 4.78 is 12.9. The van der Waals surface area contributed by atoms with E-state index in [1.165, 1.54) is 5.56 Å². The minimum Gasteiger partial charge on any atom is -0.494 e. The summed E-state index contributed by atoms with van der Waals surface area (Å²) in [6, 6.07) is 8.63. The summed E-state index contributed by atoms with van der Waals surface area (Å²) >= 11 is 0. The lowest BCUT2D eigenvalue weighted by Crippen LogP contribution is -2.47. The number of aromatic nitrogens is 3. The molecule has 170 valence electrons. The molecule has 1 unspecified atom stereocenters. The van der Waals surface area contributed by atoms with E-state index in [9.17, 15) is 0 Å². The van der Waals surface area contributed by atoms with Crippen molar-refractivity contribution in [2.45, 2.75) is 65.1 Å². The fourth-order valence-electron chi connectivity index (χ4n) is 3.57. The lowest BCUT2D eigenvalue weighted by Gasteiger charge is -2.25. The molecule has 0 saturated carbocycles. The molecule has 8 heteroatoms. The number of nitrogens with zero attached hydrogens (tertiary/aromatic N) is 4. The molecular weight excluding hydrogens is 392 g/mol. The van der Waals surface area contributed by atoms with Gasteiger partial charge in [0.05, 0.1) is 13.2 Å². The van der Waals surface area contributed by atoms with Crippen LogP contribution in [0.5, 0.6) is 5.75 Å². The van der Waals surface area contributed by atoms with Crippen LogP contribution in [0.3, 0.4) is 0 Å². The first kappa shape index (κ1) is 23.1. The van der Waals surface area contributed by atoms with Crippen LogP contribution in [-0.4, -0.2) is 53.6 Å². The Labute approximate surface area is 185 Å². The van der Waals surface area contributed by atoms with Crippen molar-refractivity contribution in [1.29, 1.82) is 0 Å². The molecule has 0 aliphatic carbocycles. The zero-order valence-corrected chi connectivity index (χ0v) is 19.1. The number of rotatable bonds is 11. The molecule has 1 aliphatic heterocycles. The first-order valence-electron chi connectivity index (χ1n) is 11.4. The zero-order valence-electron chi connectivity index (χ0n) is 19.1. The summed E-state index contributed by atoms with van der Waals surface area (Å²) in [7, 11) is 1.67. The van der Waals surface area contributed by atoms with Crippen LogP contribution >= 0.6 is 0 Å². The van der Waals surface area contributed by atoms with Gasteiger partial charge < -0.3 is 20.1 Å². The standard InChI is InChI=1S/C23H36N6O2/c1-4-6-15-31-20-10-7-18(8-11-20)13-14-25-23(24-5-2)26-19-9-12-22-27-21(17-30-3)28-29(22)16-19/h7-8,10-11,19H,4-6,9,12-17H2,1-3H3,(H2,24,25,26). The van der Waals surface area contributed by atoms with E-state index in [-0.39, 0.29) is 6.04 Å². The molecule has 0 radical (unpaired) electrons. The number of unbranched alkanes of at least 4 members (excludes halogenated alkanes) is 1. The van der Waals surface area contributed by atoms with E-state index in [0.29, 0.717) is 6.61 Å². The van der Waals surface area contributed by atoms with Gasteiger partial charge in [-0.2, -0.15) is 5.10 Å². The van der Waals surface area contributed by atoms with Gasteiger partial charge in [-0.3, -0.25) is 4.99 Å². The Morgan fingerprint density at radius 1 is 1.26 bits per heavy atom. The van der Waals surface area contributed by atoms with E-state index < -0.39 is 0 Å². The number of aliphatic imine (C=N–C) groups is 1. The van der Waals surface area contributed by atoms with E-state index in [1.54, 1.807) is 7.11 Å². The molecule has 0 saturated heterocycles. The monoisotopic (exact) mass is 428 g/mol. The highest BCUT2D eigenvalue weighted by molar-refractivity contribution is 5.80. The molecule has 1 atom stereocenters. The van der Waals surface area contributed by atoms with Gasteiger partial charge in [-0.1, -0.05) is 25.5 Å². The lowest BCUT2D eigenvalue weighted by molar-refractivity contribution is 0.177. The molecule has 0 bridgehead atoms. The van der Waals surface area contributed by atoms with Crippen LogP contribution in [0.2, 0.25) is 0 Å². The van der Waals surface area contributed by atoms with Gasteiger partial charge in [0, 0.05) is 32.7 Å². The van der Waals surface area contributed by atoms with Crippen molar-refractivity contribution in [2.75, 3.05) is 26.8 Å². The molecule has 2 heterocycles. The molecule has 1 aromatic heterocycles. The van der Waals surface area contributed by atoms with Crippen molar-refractivity contribution >= 4 is 5.96 Å². The fourth-order valence-corrected chi connectivity index (χ4v) is 3.57. The first-order chi connectivity index (χ1) is 15.2. The fraction of sp³-hybridized carbons (Fsp3) is 0.609. The SMILES string of the molecule is CCCCOc1ccc(CCN=C(NCC)NC2CCc3nc(COC)nn3C2)cc1. The Balaban J connectivity index is 1.49. The predicted molar refractivity (Wildman–Crippen MR) is 123 cm³/mol. The highest BCUT2D eigenvalue weighted by Gasteiger charge is 2.22. The number of methoxy groups -OCH3 is 1. The first-order valence-corrected chi connectivity index (χ1v) is 11.4. The summed E-state index contributed by atoms with van der Waals surface area (Å²) in [5.41, 5.74) is 1.26. The van der Waals surface area contributed by atoms with Crippen LogP contribution in [-0.2, 0) is 30.7 Å². The number of benzene rings is 1. The van der Waals surface area contributed by atoms with Crippen molar-refractivity contribution in [1.82, 2.24) is 25.4 Å². The van der Waals surface area contributed by atoms with E-state index >= 15 is 0 Å². The molecule has 2 N–H and O–H groups in total. The number of ether oxygens (including phenoxy) is 2. The zero-order chi connectivity index (χ0) is 21.9. The van der Waals surface area contributed by atoms with Crippen molar-refractivity contribution in [3.05, 3.63) is 41.5 Å². The van der Waals surface area contributed by atoms with Gasteiger partial charge in [-0.25, -0.2) is 9.67 Å². The number of hydrogen-bond donors (Lipinski definition) is 2. The molecule has 0 fully saturated rings. The Kier molecular flexibility index (Phi) is 9.15. The van der Waals surface area contributed by atoms with Gasteiger partial charge in [-0.05, 0) is 43.9 Å². The second-order valence-corrected chi connectivity index (χ2v) is 7.80. The summed E-state index contributed by atoms with van der Waals surface area (Å²) in [5.74, 6) is 3.58. The number of fused-ring (bicyclic) bond motifs is 1. The van der Waals surface area contributed by atoms with Crippen molar-refractivity contribution in [2.24, 2.45) is 4.99 Å². The molecule has 0 amide bonds. The normalized spacial score (nSPS) is 16.1. The van der Waals surface area contributed by atoms with E-state index in [0.717, 1.165) is 81.7 Å². The summed E-state index contributed by atoms with van der Waals surface area (Å²) in [6.07, 6.45) is 5.04. The van der Waals surface area contributed by atoms with E-state index in [1.807, 2.05) is 16.8 Å². The average Bonchev–Trinajstić information content (AvgIpc) is 3.17. The molecule has 1 aromatic carbocycles. The van der Waals surface area contributed by atoms with Gasteiger partial charge in [0.1, 0.15) is 18.2 Å². The molecule has 3 rings (SSSR count). The van der Waals surface area contributed by atoms with Crippen molar-refractivity contribution < 1.29 is 9.47 Å². The summed E-state index contributed by atoms with van der Waals surface area (Å²) in [4.78, 5) is 9.32. The van der Waals surface area contributed by atoms with Gasteiger partial charge in [0.15, 0.2) is 11.8 Å². The third kappa shape index (κ3) is 7.24. The third-order valence-electron chi connectivity index (χ3n) is 5.22. The minimum absolute atomic E-state index is 0.280. The van der Waals surface area contributed by atoms with Crippen LogP contribution in [0.15, 0.2) is 29.3 Å². The van der Waals surface area contributed by atoms with Crippen molar-refractivity contribution in [3.63, 3.8) is 0 Å². The number of nitrogens with one attached hydrogen (secondary N) is 2. The predicted octanol–water partition coefficient (Wildman–Crippen LogP) is 2.72. The number of aryl methyl sites for hydroxylation is 1. The van der Waals surface area contributed by atoms with Gasteiger partial charge in [0.25, 0.3) is 0 Å². The second kappa shape index (κ2) is 12.3. The maximum absolute atomic E-state index is 5.73. The molecular formula is C23H36N6O2. The molecule has 31 heavy (non-hydrogen) atoms. The molecule has 0 spiro atoms. The van der Waals surface area contributed by atoms with Gasteiger partial charge >= 0.3 is 0 Å². The Morgan fingerprint density at radius 2 is 2.10 bits per heavy atom. The molecule has 1 aliphatic rings. The Morgan fingerprint density at radius 3 is 2.84 bits per heavy atom. The number of guanidine groups is 1. The van der Waals surface area contributed by atoms with Crippen LogP contribution in [0, 0.1) is 0 Å². The Hall–Kier alpha value is -2.61. The van der Waals surface area contributed by atoms with Crippen LogP contribution < -0.4 is 15.4 Å². The highest BCUT2D eigenvalue weighted by atomic mass is 16.5. The average molecular weight is 429 g/mol. The largest absolute Gasteiger partial charge is 0.494 e. The van der Waals surface area contributed by atoms with Gasteiger partial charge in [0.2, 0.25) is 0 Å². The molecule has 2 aromatic rings.